The van der Waals surface area contributed by atoms with E-state index in [0.29, 0.717) is 5.91 Å². The molecule has 1 amide bonds. The first-order chi connectivity index (χ1) is 6.34. The van der Waals surface area contributed by atoms with Crippen LogP contribution in [0.25, 0.3) is 0 Å². The van der Waals surface area contributed by atoms with Gasteiger partial charge < -0.3 is 4.90 Å². The number of thiol groups is 1. The fourth-order valence-corrected chi connectivity index (χ4v) is 1.91. The van der Waals surface area contributed by atoms with E-state index in [0.717, 1.165) is 38.1 Å². The van der Waals surface area contributed by atoms with Gasteiger partial charge in [-0.25, -0.2) is 0 Å². The zero-order valence-corrected chi connectivity index (χ0v) is 9.06. The Hall–Kier alpha value is -0.180. The lowest BCUT2D eigenvalue weighted by Crippen LogP contribution is -2.35. The number of carbonyl (C=O) groups is 1. The van der Waals surface area contributed by atoms with Gasteiger partial charge in [0.1, 0.15) is 0 Å². The summed E-state index contributed by atoms with van der Waals surface area (Å²) >= 11 is 4.16. The van der Waals surface area contributed by atoms with Crippen molar-refractivity contribution in [1.82, 2.24) is 4.90 Å². The summed E-state index contributed by atoms with van der Waals surface area (Å²) in [4.78, 5) is 13.4. The minimum absolute atomic E-state index is 0.358. The number of amides is 1. The number of rotatable bonds is 5. The summed E-state index contributed by atoms with van der Waals surface area (Å²) in [6, 6.07) is 0. The molecule has 0 aromatic heterocycles. The van der Waals surface area contributed by atoms with Crippen molar-refractivity contribution >= 4 is 18.5 Å². The molecule has 0 aromatic carbocycles. The van der Waals surface area contributed by atoms with Crippen molar-refractivity contribution < 1.29 is 4.79 Å². The van der Waals surface area contributed by atoms with E-state index < -0.39 is 0 Å². The number of hydrogen-bond acceptors (Lipinski definition) is 2. The van der Waals surface area contributed by atoms with Crippen molar-refractivity contribution in [2.45, 2.75) is 38.5 Å². The molecule has 0 aromatic rings. The highest BCUT2D eigenvalue weighted by atomic mass is 32.1. The molecular formula is C10H19NOS. The standard InChI is InChI=1S/C10H19NOS/c12-10-6-2-4-8-11(10)7-3-1-5-9-13/h13H,1-9H2. The summed E-state index contributed by atoms with van der Waals surface area (Å²) in [6.45, 7) is 1.95. The first kappa shape index (κ1) is 10.9. The van der Waals surface area contributed by atoms with Gasteiger partial charge in [0.25, 0.3) is 0 Å². The minimum Gasteiger partial charge on any atom is -0.343 e. The third-order valence-electron chi connectivity index (χ3n) is 2.51. The van der Waals surface area contributed by atoms with E-state index in [9.17, 15) is 4.79 Å². The molecule has 0 unspecified atom stereocenters. The van der Waals surface area contributed by atoms with Gasteiger partial charge in [-0.15, -0.1) is 0 Å². The normalized spacial score (nSPS) is 17.9. The molecule has 0 aliphatic carbocycles. The second-order valence-electron chi connectivity index (χ2n) is 3.62. The molecule has 1 fully saturated rings. The second-order valence-corrected chi connectivity index (χ2v) is 4.07. The van der Waals surface area contributed by atoms with Crippen LogP contribution < -0.4 is 0 Å². The van der Waals surface area contributed by atoms with Crippen LogP contribution in [0, 0.1) is 0 Å². The number of hydrogen-bond donors (Lipinski definition) is 1. The Morgan fingerprint density at radius 3 is 2.77 bits per heavy atom. The lowest BCUT2D eigenvalue weighted by Gasteiger charge is -2.26. The third kappa shape index (κ3) is 4.03. The average Bonchev–Trinajstić information content (AvgIpc) is 2.15. The van der Waals surface area contributed by atoms with Crippen LogP contribution in [-0.2, 0) is 4.79 Å². The SMILES string of the molecule is O=C1CCCCN1CCCCCS. The predicted molar refractivity (Wildman–Crippen MR) is 58.1 cm³/mol. The molecule has 3 heteroatoms. The Morgan fingerprint density at radius 1 is 1.23 bits per heavy atom. The maximum atomic E-state index is 11.4. The molecule has 0 saturated carbocycles. The Morgan fingerprint density at radius 2 is 2.08 bits per heavy atom. The molecule has 2 nitrogen and oxygen atoms in total. The first-order valence-corrected chi connectivity index (χ1v) is 5.86. The quantitative estimate of drug-likeness (QED) is 0.533. The van der Waals surface area contributed by atoms with Gasteiger partial charge in [-0.1, -0.05) is 6.42 Å². The van der Waals surface area contributed by atoms with Crippen molar-refractivity contribution in [1.29, 1.82) is 0 Å². The van der Waals surface area contributed by atoms with Crippen molar-refractivity contribution in [2.75, 3.05) is 18.8 Å². The van der Waals surface area contributed by atoms with Gasteiger partial charge in [-0.2, -0.15) is 12.6 Å². The topological polar surface area (TPSA) is 20.3 Å². The Bertz CT molecular complexity index is 161. The second kappa shape index (κ2) is 6.30. The van der Waals surface area contributed by atoms with Crippen molar-refractivity contribution in [2.24, 2.45) is 0 Å². The third-order valence-corrected chi connectivity index (χ3v) is 2.82. The highest BCUT2D eigenvalue weighted by Gasteiger charge is 2.16. The van der Waals surface area contributed by atoms with E-state index in [-0.39, 0.29) is 0 Å². The molecule has 1 aliphatic rings. The van der Waals surface area contributed by atoms with E-state index >= 15 is 0 Å². The van der Waals surface area contributed by atoms with Crippen molar-refractivity contribution in [3.63, 3.8) is 0 Å². The fraction of sp³-hybridized carbons (Fsp3) is 0.900. The van der Waals surface area contributed by atoms with Crippen LogP contribution >= 0.6 is 12.6 Å². The highest BCUT2D eigenvalue weighted by Crippen LogP contribution is 2.11. The molecule has 0 bridgehead atoms. The number of likely N-dealkylation sites (tertiary alicyclic amines) is 1. The van der Waals surface area contributed by atoms with Crippen molar-refractivity contribution in [3.8, 4) is 0 Å². The predicted octanol–water partition coefficient (Wildman–Crippen LogP) is 2.10. The monoisotopic (exact) mass is 201 g/mol. The van der Waals surface area contributed by atoms with Gasteiger partial charge in [-0.3, -0.25) is 4.79 Å². The van der Waals surface area contributed by atoms with Gasteiger partial charge in [-0.05, 0) is 31.4 Å². The zero-order chi connectivity index (χ0) is 9.52. The Labute approximate surface area is 86.1 Å². The summed E-state index contributed by atoms with van der Waals surface area (Å²) in [7, 11) is 0. The molecule has 1 rings (SSSR count). The minimum atomic E-state index is 0.358. The summed E-state index contributed by atoms with van der Waals surface area (Å²) in [5.41, 5.74) is 0. The van der Waals surface area contributed by atoms with Crippen LogP contribution in [0.2, 0.25) is 0 Å². The first-order valence-electron chi connectivity index (χ1n) is 5.23. The molecule has 0 radical (unpaired) electrons. The number of carbonyl (C=O) groups excluding carboxylic acids is 1. The summed E-state index contributed by atoms with van der Waals surface area (Å²) in [5.74, 6) is 1.32. The molecule has 1 aliphatic heterocycles. The van der Waals surface area contributed by atoms with E-state index in [2.05, 4.69) is 12.6 Å². The number of unbranched alkanes of at least 4 members (excludes halogenated alkanes) is 2. The summed E-state index contributed by atoms with van der Waals surface area (Å²) in [6.07, 6.45) is 6.57. The fourth-order valence-electron chi connectivity index (χ4n) is 1.69. The van der Waals surface area contributed by atoms with E-state index in [4.69, 9.17) is 0 Å². The van der Waals surface area contributed by atoms with Crippen LogP contribution in [0.4, 0.5) is 0 Å². The van der Waals surface area contributed by atoms with Gasteiger partial charge in [0.2, 0.25) is 5.91 Å². The van der Waals surface area contributed by atoms with Crippen LogP contribution in [0.1, 0.15) is 38.5 Å². The number of piperidine rings is 1. The molecule has 13 heavy (non-hydrogen) atoms. The largest absolute Gasteiger partial charge is 0.343 e. The lowest BCUT2D eigenvalue weighted by atomic mass is 10.1. The Balaban J connectivity index is 2.08. The highest BCUT2D eigenvalue weighted by molar-refractivity contribution is 7.80. The molecule has 0 atom stereocenters. The van der Waals surface area contributed by atoms with Gasteiger partial charge in [0, 0.05) is 19.5 Å². The maximum Gasteiger partial charge on any atom is 0.222 e. The molecule has 0 spiro atoms. The van der Waals surface area contributed by atoms with Crippen LogP contribution in [0.5, 0.6) is 0 Å². The lowest BCUT2D eigenvalue weighted by molar-refractivity contribution is -0.133. The van der Waals surface area contributed by atoms with Crippen LogP contribution in [0.3, 0.4) is 0 Å². The average molecular weight is 201 g/mol. The maximum absolute atomic E-state index is 11.4. The van der Waals surface area contributed by atoms with E-state index in [1.54, 1.807) is 0 Å². The van der Waals surface area contributed by atoms with Gasteiger partial charge in [0.15, 0.2) is 0 Å². The molecular weight excluding hydrogens is 182 g/mol. The number of nitrogens with zero attached hydrogens (tertiary/aromatic N) is 1. The van der Waals surface area contributed by atoms with Crippen molar-refractivity contribution in [3.05, 3.63) is 0 Å². The smallest absolute Gasteiger partial charge is 0.222 e. The molecule has 0 N–H and O–H groups in total. The summed E-state index contributed by atoms with van der Waals surface area (Å²) < 4.78 is 0. The zero-order valence-electron chi connectivity index (χ0n) is 8.17. The van der Waals surface area contributed by atoms with Crippen LogP contribution in [-0.4, -0.2) is 29.6 Å². The van der Waals surface area contributed by atoms with E-state index in [1.165, 1.54) is 19.3 Å². The van der Waals surface area contributed by atoms with Gasteiger partial charge in [0.05, 0.1) is 0 Å². The van der Waals surface area contributed by atoms with Gasteiger partial charge >= 0.3 is 0 Å². The molecule has 76 valence electrons. The van der Waals surface area contributed by atoms with E-state index in [1.807, 2.05) is 4.90 Å². The molecule has 1 heterocycles. The summed E-state index contributed by atoms with van der Waals surface area (Å²) in [5, 5.41) is 0. The Kier molecular flexibility index (Phi) is 5.28. The van der Waals surface area contributed by atoms with Crippen LogP contribution in [0.15, 0.2) is 0 Å². The molecule has 1 saturated heterocycles.